The monoisotopic (exact) mass is 274 g/mol. The van der Waals surface area contributed by atoms with E-state index < -0.39 is 18.0 Å². The molecule has 0 saturated carbocycles. The van der Waals surface area contributed by atoms with Gasteiger partial charge in [-0.3, -0.25) is 4.79 Å². The number of aliphatic carboxylic acids is 1. The van der Waals surface area contributed by atoms with Crippen molar-refractivity contribution in [3.8, 4) is 11.5 Å². The third-order valence-corrected chi connectivity index (χ3v) is 2.50. The summed E-state index contributed by atoms with van der Waals surface area (Å²) in [5, 5.41) is 8.67. The van der Waals surface area contributed by atoms with E-state index in [4.69, 9.17) is 9.84 Å². The third kappa shape index (κ3) is 4.08. The van der Waals surface area contributed by atoms with E-state index in [-0.39, 0.29) is 17.9 Å². The minimum absolute atomic E-state index is 0.0825. The molecule has 0 unspecified atom stereocenters. The Hall–Kier alpha value is -1.85. The maximum atomic E-state index is 13.5. The SMILES string of the molecule is COc1cc(CC(=O)O)ccc1OC(F)(F)C(C)C. The van der Waals surface area contributed by atoms with Gasteiger partial charge in [0.05, 0.1) is 19.4 Å². The quantitative estimate of drug-likeness (QED) is 0.866. The molecule has 0 amide bonds. The highest BCUT2D eigenvalue weighted by atomic mass is 19.3. The number of carboxylic acids is 1. The topological polar surface area (TPSA) is 55.8 Å². The molecule has 0 spiro atoms. The van der Waals surface area contributed by atoms with Gasteiger partial charge < -0.3 is 14.6 Å². The molecule has 0 aliphatic heterocycles. The molecule has 0 fully saturated rings. The van der Waals surface area contributed by atoms with Crippen LogP contribution in [-0.4, -0.2) is 24.3 Å². The Morgan fingerprint density at radius 2 is 2.00 bits per heavy atom. The second-order valence-electron chi connectivity index (χ2n) is 4.37. The van der Waals surface area contributed by atoms with Crippen LogP contribution in [0.25, 0.3) is 0 Å². The zero-order valence-corrected chi connectivity index (χ0v) is 10.9. The number of ether oxygens (including phenoxy) is 2. The number of rotatable bonds is 6. The number of alkyl halides is 2. The highest BCUT2D eigenvalue weighted by molar-refractivity contribution is 5.70. The molecule has 6 heteroatoms. The fourth-order valence-electron chi connectivity index (χ4n) is 1.35. The maximum Gasteiger partial charge on any atom is 0.400 e. The van der Waals surface area contributed by atoms with Gasteiger partial charge in [0.1, 0.15) is 0 Å². The number of benzene rings is 1. The van der Waals surface area contributed by atoms with Crippen LogP contribution in [0.5, 0.6) is 11.5 Å². The van der Waals surface area contributed by atoms with Crippen molar-refractivity contribution >= 4 is 5.97 Å². The van der Waals surface area contributed by atoms with E-state index in [0.717, 1.165) is 0 Å². The first-order chi connectivity index (χ1) is 8.76. The second-order valence-corrected chi connectivity index (χ2v) is 4.37. The van der Waals surface area contributed by atoms with Gasteiger partial charge in [0.15, 0.2) is 11.5 Å². The number of hydrogen-bond donors (Lipinski definition) is 1. The summed E-state index contributed by atoms with van der Waals surface area (Å²) in [7, 11) is 1.31. The fraction of sp³-hybridized carbons (Fsp3) is 0.462. The van der Waals surface area contributed by atoms with Gasteiger partial charge in [-0.1, -0.05) is 19.9 Å². The van der Waals surface area contributed by atoms with E-state index in [1.165, 1.54) is 39.2 Å². The predicted molar refractivity (Wildman–Crippen MR) is 64.7 cm³/mol. The van der Waals surface area contributed by atoms with Crippen LogP contribution in [0, 0.1) is 5.92 Å². The van der Waals surface area contributed by atoms with Crippen molar-refractivity contribution in [2.45, 2.75) is 26.4 Å². The Morgan fingerprint density at radius 3 is 2.47 bits per heavy atom. The molecular weight excluding hydrogens is 258 g/mol. The van der Waals surface area contributed by atoms with E-state index >= 15 is 0 Å². The second kappa shape index (κ2) is 5.86. The van der Waals surface area contributed by atoms with Crippen molar-refractivity contribution in [3.05, 3.63) is 23.8 Å². The van der Waals surface area contributed by atoms with Gasteiger partial charge in [-0.15, -0.1) is 0 Å². The van der Waals surface area contributed by atoms with Crippen molar-refractivity contribution in [1.82, 2.24) is 0 Å². The lowest BCUT2D eigenvalue weighted by Gasteiger charge is -2.22. The highest BCUT2D eigenvalue weighted by Crippen LogP contribution is 2.35. The zero-order valence-electron chi connectivity index (χ0n) is 10.9. The summed E-state index contributed by atoms with van der Waals surface area (Å²) in [5.41, 5.74) is 0.449. The molecular formula is C13H16F2O4. The summed E-state index contributed by atoms with van der Waals surface area (Å²) >= 11 is 0. The molecule has 0 aliphatic rings. The van der Waals surface area contributed by atoms with E-state index in [1.54, 1.807) is 0 Å². The normalized spacial score (nSPS) is 11.5. The molecule has 19 heavy (non-hydrogen) atoms. The first-order valence-corrected chi connectivity index (χ1v) is 5.71. The third-order valence-electron chi connectivity index (χ3n) is 2.50. The molecule has 4 nitrogen and oxygen atoms in total. The number of carboxylic acid groups (broad SMARTS) is 1. The molecule has 0 atom stereocenters. The van der Waals surface area contributed by atoms with E-state index in [2.05, 4.69) is 4.74 Å². The largest absolute Gasteiger partial charge is 0.493 e. The summed E-state index contributed by atoms with van der Waals surface area (Å²) in [6.45, 7) is 2.68. The minimum atomic E-state index is -3.32. The Labute approximate surface area is 109 Å². The van der Waals surface area contributed by atoms with Crippen molar-refractivity contribution in [3.63, 3.8) is 0 Å². The van der Waals surface area contributed by atoms with Crippen LogP contribution in [0.1, 0.15) is 19.4 Å². The van der Waals surface area contributed by atoms with Crippen LogP contribution in [0.3, 0.4) is 0 Å². The van der Waals surface area contributed by atoms with Gasteiger partial charge >= 0.3 is 12.1 Å². The zero-order chi connectivity index (χ0) is 14.6. The summed E-state index contributed by atoms with van der Waals surface area (Å²) < 4.78 is 36.6. The fourth-order valence-corrected chi connectivity index (χ4v) is 1.35. The predicted octanol–water partition coefficient (Wildman–Crippen LogP) is 2.95. The summed E-state index contributed by atoms with van der Waals surface area (Å²) in [4.78, 5) is 10.6. The number of carbonyl (C=O) groups is 1. The smallest absolute Gasteiger partial charge is 0.400 e. The average Bonchev–Trinajstić information content (AvgIpc) is 2.29. The van der Waals surface area contributed by atoms with Crippen LogP contribution < -0.4 is 9.47 Å². The molecule has 106 valence electrons. The van der Waals surface area contributed by atoms with E-state index in [1.807, 2.05) is 0 Å². The number of hydrogen-bond acceptors (Lipinski definition) is 3. The van der Waals surface area contributed by atoms with Gasteiger partial charge in [-0.2, -0.15) is 8.78 Å². The molecule has 1 aromatic rings. The average molecular weight is 274 g/mol. The standard InChI is InChI=1S/C13H16F2O4/c1-8(2)13(14,15)19-10-5-4-9(7-12(16)17)6-11(10)18-3/h4-6,8H,7H2,1-3H3,(H,16,17). The molecule has 1 aromatic carbocycles. The number of halogens is 2. The van der Waals surface area contributed by atoms with Crippen molar-refractivity contribution in [2.24, 2.45) is 5.92 Å². The lowest BCUT2D eigenvalue weighted by molar-refractivity contribution is -0.207. The molecule has 0 aliphatic carbocycles. The van der Waals surface area contributed by atoms with Crippen LogP contribution in [-0.2, 0) is 11.2 Å². The maximum absolute atomic E-state index is 13.5. The van der Waals surface area contributed by atoms with Crippen LogP contribution in [0.4, 0.5) is 8.78 Å². The van der Waals surface area contributed by atoms with Crippen LogP contribution in [0.15, 0.2) is 18.2 Å². The van der Waals surface area contributed by atoms with Crippen molar-refractivity contribution in [2.75, 3.05) is 7.11 Å². The molecule has 0 radical (unpaired) electrons. The van der Waals surface area contributed by atoms with Crippen molar-refractivity contribution < 1.29 is 28.2 Å². The Bertz CT molecular complexity index is 458. The van der Waals surface area contributed by atoms with Gasteiger partial charge in [0.25, 0.3) is 0 Å². The van der Waals surface area contributed by atoms with E-state index in [0.29, 0.717) is 5.56 Å². The highest BCUT2D eigenvalue weighted by Gasteiger charge is 2.36. The molecule has 0 heterocycles. The summed E-state index contributed by atoms with van der Waals surface area (Å²) in [5.74, 6) is -2.03. The lowest BCUT2D eigenvalue weighted by Crippen LogP contribution is -2.31. The molecule has 0 bridgehead atoms. The Kier molecular flexibility index (Phi) is 4.69. The lowest BCUT2D eigenvalue weighted by atomic mass is 10.1. The Morgan fingerprint density at radius 1 is 1.37 bits per heavy atom. The first-order valence-electron chi connectivity index (χ1n) is 5.71. The Balaban J connectivity index is 2.99. The van der Waals surface area contributed by atoms with Gasteiger partial charge in [-0.05, 0) is 17.7 Å². The van der Waals surface area contributed by atoms with Gasteiger partial charge in [0, 0.05) is 0 Å². The molecule has 1 N–H and O–H groups in total. The first kappa shape index (κ1) is 15.2. The minimum Gasteiger partial charge on any atom is -0.493 e. The summed E-state index contributed by atoms with van der Waals surface area (Å²) in [6.07, 6.45) is -3.53. The van der Waals surface area contributed by atoms with E-state index in [9.17, 15) is 13.6 Å². The van der Waals surface area contributed by atoms with Gasteiger partial charge in [-0.25, -0.2) is 0 Å². The molecule has 1 rings (SSSR count). The summed E-state index contributed by atoms with van der Waals surface area (Å²) in [6, 6.07) is 4.08. The van der Waals surface area contributed by atoms with Crippen LogP contribution >= 0.6 is 0 Å². The number of methoxy groups -OCH3 is 1. The molecule has 0 saturated heterocycles. The van der Waals surface area contributed by atoms with Crippen LogP contribution in [0.2, 0.25) is 0 Å². The van der Waals surface area contributed by atoms with Crippen molar-refractivity contribution in [1.29, 1.82) is 0 Å². The van der Waals surface area contributed by atoms with Gasteiger partial charge in [0.2, 0.25) is 0 Å². The molecule has 0 aromatic heterocycles.